The van der Waals surface area contributed by atoms with Crippen LogP contribution in [0, 0.1) is 5.41 Å². The van der Waals surface area contributed by atoms with E-state index in [9.17, 15) is 0 Å². The molecule has 2 aliphatic heterocycles. The molecule has 0 saturated carbocycles. The first-order valence-electron chi connectivity index (χ1n) is 9.17. The Morgan fingerprint density at radius 2 is 0.920 bits per heavy atom. The molecule has 0 amide bonds. The normalized spacial score (nSPS) is 35.0. The molecule has 0 N–H and O–H groups in total. The Hall–Kier alpha value is -0.280. The minimum atomic E-state index is -0.666. The van der Waals surface area contributed by atoms with Crippen molar-refractivity contribution in [1.82, 2.24) is 0 Å². The number of fused-ring (bicyclic) bond motifs is 1. The lowest BCUT2D eigenvalue weighted by atomic mass is 9.87. The van der Waals surface area contributed by atoms with Crippen LogP contribution in [-0.2, 0) is 33.2 Å². The lowest BCUT2D eigenvalue weighted by Crippen LogP contribution is -2.42. The molecule has 0 aromatic rings. The Labute approximate surface area is 151 Å². The van der Waals surface area contributed by atoms with E-state index in [4.69, 9.17) is 33.2 Å². The van der Waals surface area contributed by atoms with Crippen LogP contribution in [-0.4, -0.2) is 84.1 Å². The summed E-state index contributed by atoms with van der Waals surface area (Å²) in [5.74, 6) is -0.666. The third kappa shape index (κ3) is 6.75. The molecule has 0 bridgehead atoms. The third-order valence-electron chi connectivity index (χ3n) is 4.58. The van der Waals surface area contributed by atoms with E-state index in [2.05, 4.69) is 20.8 Å². The zero-order chi connectivity index (χ0) is 18.2. The highest BCUT2D eigenvalue weighted by molar-refractivity contribution is 4.90. The summed E-state index contributed by atoms with van der Waals surface area (Å²) in [6.45, 7) is 13.5. The van der Waals surface area contributed by atoms with Gasteiger partial charge in [-0.1, -0.05) is 20.8 Å². The van der Waals surface area contributed by atoms with E-state index < -0.39 is 5.79 Å². The van der Waals surface area contributed by atoms with Crippen LogP contribution in [0.2, 0.25) is 0 Å². The Balaban J connectivity index is 1.88. The van der Waals surface area contributed by atoms with Gasteiger partial charge in [-0.25, -0.2) is 0 Å². The van der Waals surface area contributed by atoms with Gasteiger partial charge >= 0.3 is 0 Å². The largest absolute Gasteiger partial charge is 0.377 e. The fourth-order valence-electron chi connectivity index (χ4n) is 2.57. The molecule has 2 fully saturated rings. The van der Waals surface area contributed by atoms with Crippen molar-refractivity contribution in [2.75, 3.05) is 66.1 Å². The van der Waals surface area contributed by atoms with E-state index in [1.54, 1.807) is 0 Å². The van der Waals surface area contributed by atoms with Gasteiger partial charge in [0.05, 0.1) is 66.1 Å². The zero-order valence-electron chi connectivity index (χ0n) is 16.1. The summed E-state index contributed by atoms with van der Waals surface area (Å²) in [7, 11) is 0. The van der Waals surface area contributed by atoms with Gasteiger partial charge in [-0.05, 0) is 6.92 Å². The molecule has 0 aromatic carbocycles. The molecule has 0 spiro atoms. The van der Waals surface area contributed by atoms with Crippen molar-refractivity contribution in [3.05, 3.63) is 0 Å². The van der Waals surface area contributed by atoms with Gasteiger partial charge in [0.2, 0.25) is 0 Å². The van der Waals surface area contributed by atoms with Gasteiger partial charge in [-0.2, -0.15) is 0 Å². The standard InChI is InChI=1S/C18H34O7/c1-17(2,3)18(4)24-15-13-22-11-9-20-7-5-19-6-8-21-10-12-23-14-16(15)25-18/h15-16H,5-14H2,1-4H3. The highest BCUT2D eigenvalue weighted by Gasteiger charge is 2.51. The van der Waals surface area contributed by atoms with Crippen LogP contribution in [0.5, 0.6) is 0 Å². The predicted molar refractivity (Wildman–Crippen MR) is 91.7 cm³/mol. The summed E-state index contributed by atoms with van der Waals surface area (Å²) in [6, 6.07) is 0. The summed E-state index contributed by atoms with van der Waals surface area (Å²) in [5.41, 5.74) is -0.150. The van der Waals surface area contributed by atoms with E-state index in [0.29, 0.717) is 66.1 Å². The van der Waals surface area contributed by atoms with E-state index in [1.165, 1.54) is 0 Å². The van der Waals surface area contributed by atoms with E-state index in [-0.39, 0.29) is 17.6 Å². The smallest absolute Gasteiger partial charge is 0.171 e. The summed E-state index contributed by atoms with van der Waals surface area (Å²) in [5, 5.41) is 0. The summed E-state index contributed by atoms with van der Waals surface area (Å²) in [6.07, 6.45) is -0.326. The monoisotopic (exact) mass is 362 g/mol. The van der Waals surface area contributed by atoms with Crippen LogP contribution < -0.4 is 0 Å². The van der Waals surface area contributed by atoms with Crippen LogP contribution >= 0.6 is 0 Å². The van der Waals surface area contributed by atoms with Gasteiger partial charge in [-0.15, -0.1) is 0 Å². The second-order valence-corrected chi connectivity index (χ2v) is 7.50. The number of rotatable bonds is 0. The molecule has 2 saturated heterocycles. The maximum Gasteiger partial charge on any atom is 0.171 e. The molecule has 7 nitrogen and oxygen atoms in total. The molecule has 0 radical (unpaired) electrons. The van der Waals surface area contributed by atoms with Crippen molar-refractivity contribution >= 4 is 0 Å². The van der Waals surface area contributed by atoms with Crippen molar-refractivity contribution in [2.45, 2.75) is 45.7 Å². The lowest BCUT2D eigenvalue weighted by Gasteiger charge is -2.36. The molecule has 2 unspecified atom stereocenters. The fourth-order valence-corrected chi connectivity index (χ4v) is 2.57. The van der Waals surface area contributed by atoms with Gasteiger partial charge in [0, 0.05) is 5.41 Å². The average molecular weight is 362 g/mol. The van der Waals surface area contributed by atoms with Crippen LogP contribution in [0.15, 0.2) is 0 Å². The van der Waals surface area contributed by atoms with Gasteiger partial charge in [-0.3, -0.25) is 0 Å². The first-order valence-corrected chi connectivity index (χ1v) is 9.17. The highest BCUT2D eigenvalue weighted by Crippen LogP contribution is 2.42. The summed E-state index contributed by atoms with van der Waals surface area (Å²) in [4.78, 5) is 0. The first-order chi connectivity index (χ1) is 11.9. The molecule has 2 heterocycles. The van der Waals surface area contributed by atoms with Crippen molar-refractivity contribution in [3.63, 3.8) is 0 Å². The van der Waals surface area contributed by atoms with Gasteiger partial charge in [0.15, 0.2) is 5.79 Å². The van der Waals surface area contributed by atoms with Gasteiger partial charge in [0.25, 0.3) is 0 Å². The van der Waals surface area contributed by atoms with Crippen molar-refractivity contribution in [2.24, 2.45) is 5.41 Å². The zero-order valence-corrected chi connectivity index (χ0v) is 16.1. The SMILES string of the molecule is CC(C)(C)C1(C)OC2COCCOCCOCCOCCOCC2O1. The molecule has 25 heavy (non-hydrogen) atoms. The Bertz CT molecular complexity index is 345. The van der Waals surface area contributed by atoms with Crippen LogP contribution in [0.4, 0.5) is 0 Å². The minimum absolute atomic E-state index is 0.150. The van der Waals surface area contributed by atoms with E-state index >= 15 is 0 Å². The first kappa shape index (κ1) is 21.0. The molecule has 0 aliphatic carbocycles. The van der Waals surface area contributed by atoms with Crippen molar-refractivity contribution in [3.8, 4) is 0 Å². The maximum atomic E-state index is 6.22. The molecule has 7 heteroatoms. The Morgan fingerprint density at radius 1 is 0.600 bits per heavy atom. The Morgan fingerprint density at radius 3 is 1.24 bits per heavy atom. The summed E-state index contributed by atoms with van der Waals surface area (Å²) >= 11 is 0. The molecular weight excluding hydrogens is 328 g/mol. The molecule has 2 atom stereocenters. The van der Waals surface area contributed by atoms with Crippen LogP contribution in [0.3, 0.4) is 0 Å². The van der Waals surface area contributed by atoms with E-state index in [0.717, 1.165) is 0 Å². The summed E-state index contributed by atoms with van der Waals surface area (Å²) < 4.78 is 40.3. The number of hydrogen-bond donors (Lipinski definition) is 0. The highest BCUT2D eigenvalue weighted by atomic mass is 16.8. The lowest BCUT2D eigenvalue weighted by molar-refractivity contribution is -0.228. The Kier molecular flexibility index (Phi) is 8.54. The van der Waals surface area contributed by atoms with Gasteiger partial charge in [0.1, 0.15) is 12.2 Å². The van der Waals surface area contributed by atoms with Crippen LogP contribution in [0.25, 0.3) is 0 Å². The molecule has 2 aliphatic rings. The average Bonchev–Trinajstić information content (AvgIpc) is 2.87. The second kappa shape index (κ2) is 10.2. The quantitative estimate of drug-likeness (QED) is 0.649. The molecule has 2 rings (SSSR count). The van der Waals surface area contributed by atoms with Gasteiger partial charge < -0.3 is 33.2 Å². The van der Waals surface area contributed by atoms with Crippen LogP contribution in [0.1, 0.15) is 27.7 Å². The van der Waals surface area contributed by atoms with E-state index in [1.807, 2.05) is 6.92 Å². The third-order valence-corrected chi connectivity index (χ3v) is 4.58. The predicted octanol–water partition coefficient (Wildman–Crippen LogP) is 1.63. The number of hydrogen-bond acceptors (Lipinski definition) is 7. The second-order valence-electron chi connectivity index (χ2n) is 7.50. The minimum Gasteiger partial charge on any atom is -0.377 e. The molecule has 0 aromatic heterocycles. The van der Waals surface area contributed by atoms with Crippen molar-refractivity contribution in [1.29, 1.82) is 0 Å². The fraction of sp³-hybridized carbons (Fsp3) is 1.00. The maximum absolute atomic E-state index is 6.22. The molecular formula is C18H34O7. The topological polar surface area (TPSA) is 64.6 Å². The molecule has 148 valence electrons. The number of ether oxygens (including phenoxy) is 7. The van der Waals surface area contributed by atoms with Crippen molar-refractivity contribution < 1.29 is 33.2 Å².